The Balaban J connectivity index is 1.92. The van der Waals surface area contributed by atoms with E-state index < -0.39 is 12.0 Å². The molecule has 0 amide bonds. The molecule has 0 saturated carbocycles. The van der Waals surface area contributed by atoms with Gasteiger partial charge in [-0.05, 0) is 50.6 Å². The molecule has 1 aliphatic heterocycles. The Morgan fingerprint density at radius 3 is 2.47 bits per heavy atom. The zero-order chi connectivity index (χ0) is 24.2. The van der Waals surface area contributed by atoms with Gasteiger partial charge < -0.3 is 14.2 Å². The summed E-state index contributed by atoms with van der Waals surface area (Å²) in [4.78, 5) is 31.5. The van der Waals surface area contributed by atoms with E-state index in [-0.39, 0.29) is 5.56 Å². The van der Waals surface area contributed by atoms with Crippen LogP contribution in [0.3, 0.4) is 0 Å². The number of rotatable bonds is 7. The second-order valence-corrected chi connectivity index (χ2v) is 8.56. The fourth-order valence-electron chi connectivity index (χ4n) is 3.95. The highest BCUT2D eigenvalue weighted by molar-refractivity contribution is 7.07. The highest BCUT2D eigenvalue weighted by Gasteiger charge is 2.33. The van der Waals surface area contributed by atoms with Gasteiger partial charge in [0.25, 0.3) is 5.56 Å². The monoisotopic (exact) mass is 478 g/mol. The minimum absolute atomic E-state index is 0.233. The molecule has 0 aliphatic carbocycles. The summed E-state index contributed by atoms with van der Waals surface area (Å²) in [6.45, 7) is 6.65. The van der Waals surface area contributed by atoms with Crippen molar-refractivity contribution < 1.29 is 19.0 Å². The Kier molecular flexibility index (Phi) is 6.98. The summed E-state index contributed by atoms with van der Waals surface area (Å²) in [5, 5.41) is 0. The van der Waals surface area contributed by atoms with Crippen LogP contribution in [0.4, 0.5) is 0 Å². The van der Waals surface area contributed by atoms with E-state index in [1.165, 1.54) is 18.4 Å². The molecule has 34 heavy (non-hydrogen) atoms. The number of hydrogen-bond donors (Lipinski definition) is 0. The van der Waals surface area contributed by atoms with Gasteiger partial charge in [-0.3, -0.25) is 9.36 Å². The van der Waals surface area contributed by atoms with Crippen LogP contribution in [0, 0.1) is 0 Å². The van der Waals surface area contributed by atoms with Gasteiger partial charge in [0, 0.05) is 5.56 Å². The average Bonchev–Trinajstić information content (AvgIpc) is 3.14. The van der Waals surface area contributed by atoms with Crippen molar-refractivity contribution in [2.75, 3.05) is 20.3 Å². The largest absolute Gasteiger partial charge is 0.494 e. The maximum atomic E-state index is 13.6. The summed E-state index contributed by atoms with van der Waals surface area (Å²) in [6.07, 6.45) is 1.81. The molecule has 2 heterocycles. The van der Waals surface area contributed by atoms with Gasteiger partial charge in [-0.2, -0.15) is 0 Å². The lowest BCUT2D eigenvalue weighted by molar-refractivity contribution is -0.136. The molecule has 0 spiro atoms. The number of allylic oxidation sites excluding steroid dienone is 1. The van der Waals surface area contributed by atoms with Crippen LogP contribution in [0.15, 0.2) is 69.6 Å². The van der Waals surface area contributed by atoms with Crippen LogP contribution in [0.2, 0.25) is 0 Å². The van der Waals surface area contributed by atoms with Crippen LogP contribution in [0.25, 0.3) is 6.08 Å². The molecule has 0 N–H and O–H groups in total. The van der Waals surface area contributed by atoms with Crippen molar-refractivity contribution in [3.8, 4) is 11.5 Å². The molecular weight excluding hydrogens is 452 g/mol. The van der Waals surface area contributed by atoms with E-state index in [9.17, 15) is 9.59 Å². The first kappa shape index (κ1) is 23.5. The van der Waals surface area contributed by atoms with Gasteiger partial charge in [-0.1, -0.05) is 41.7 Å². The van der Waals surface area contributed by atoms with E-state index in [4.69, 9.17) is 14.2 Å². The zero-order valence-electron chi connectivity index (χ0n) is 19.5. The first-order chi connectivity index (χ1) is 16.5. The molecule has 0 fully saturated rings. The van der Waals surface area contributed by atoms with Crippen molar-refractivity contribution in [2.45, 2.75) is 26.8 Å². The van der Waals surface area contributed by atoms with Crippen LogP contribution >= 0.6 is 11.3 Å². The third kappa shape index (κ3) is 4.41. The first-order valence-corrected chi connectivity index (χ1v) is 11.9. The Bertz CT molecular complexity index is 1420. The SMILES string of the molecule is CCOc1ccc([C@H]2C(C(=O)OC)=C(C)N=c3s/c(=C\c4ccccc4OCC)c(=O)n32)cc1. The quantitative estimate of drug-likeness (QED) is 0.488. The van der Waals surface area contributed by atoms with Gasteiger partial charge in [0.05, 0.1) is 42.2 Å². The molecule has 3 aromatic rings. The summed E-state index contributed by atoms with van der Waals surface area (Å²) in [7, 11) is 1.33. The second kappa shape index (κ2) is 10.1. The van der Waals surface area contributed by atoms with E-state index in [1.54, 1.807) is 17.6 Å². The number of hydrogen-bond acceptors (Lipinski definition) is 7. The van der Waals surface area contributed by atoms with E-state index >= 15 is 0 Å². The van der Waals surface area contributed by atoms with Gasteiger partial charge in [0.2, 0.25) is 0 Å². The number of aromatic nitrogens is 1. The number of carbonyl (C=O) groups is 1. The number of para-hydroxylation sites is 1. The smallest absolute Gasteiger partial charge is 0.338 e. The van der Waals surface area contributed by atoms with E-state index in [0.29, 0.717) is 45.3 Å². The summed E-state index contributed by atoms with van der Waals surface area (Å²) >= 11 is 1.28. The van der Waals surface area contributed by atoms with Crippen LogP contribution in [-0.4, -0.2) is 30.9 Å². The number of fused-ring (bicyclic) bond motifs is 1. The van der Waals surface area contributed by atoms with Crippen molar-refractivity contribution in [3.63, 3.8) is 0 Å². The van der Waals surface area contributed by atoms with Crippen LogP contribution in [0.1, 0.15) is 37.9 Å². The third-order valence-electron chi connectivity index (χ3n) is 5.44. The molecule has 1 aromatic heterocycles. The van der Waals surface area contributed by atoms with E-state index in [2.05, 4.69) is 4.99 Å². The Hall–Kier alpha value is -3.65. The summed E-state index contributed by atoms with van der Waals surface area (Å²) in [5.74, 6) is 0.896. The fourth-order valence-corrected chi connectivity index (χ4v) is 4.99. The van der Waals surface area contributed by atoms with E-state index in [1.807, 2.05) is 62.4 Å². The lowest BCUT2D eigenvalue weighted by Crippen LogP contribution is -2.39. The standard InChI is InChI=1S/C26H26N2O5S/c1-5-32-19-13-11-17(12-14-19)23-22(25(30)31-4)16(3)27-26-28(23)24(29)21(34-26)15-18-9-7-8-10-20(18)33-6-2/h7-15,23H,5-6H2,1-4H3/b21-15-/t23-/m0/s1. The number of ether oxygens (including phenoxy) is 3. The predicted molar refractivity (Wildman–Crippen MR) is 131 cm³/mol. The second-order valence-electron chi connectivity index (χ2n) is 7.55. The van der Waals surface area contributed by atoms with Crippen LogP contribution in [0.5, 0.6) is 11.5 Å². The van der Waals surface area contributed by atoms with Crippen molar-refractivity contribution in [1.82, 2.24) is 4.57 Å². The highest BCUT2D eigenvalue weighted by Crippen LogP contribution is 2.31. The summed E-state index contributed by atoms with van der Waals surface area (Å²) < 4.78 is 18.4. The number of thiazole rings is 1. The normalized spacial score (nSPS) is 15.5. The molecule has 0 saturated heterocycles. The molecular formula is C26H26N2O5S. The van der Waals surface area contributed by atoms with Crippen molar-refractivity contribution in [1.29, 1.82) is 0 Å². The molecule has 176 valence electrons. The van der Waals surface area contributed by atoms with Crippen molar-refractivity contribution in [2.24, 2.45) is 4.99 Å². The lowest BCUT2D eigenvalue weighted by Gasteiger charge is -2.24. The van der Waals surface area contributed by atoms with Crippen molar-refractivity contribution in [3.05, 3.63) is 90.6 Å². The maximum absolute atomic E-state index is 13.6. The number of benzene rings is 2. The Labute approximate surface area is 201 Å². The minimum atomic E-state index is -0.663. The summed E-state index contributed by atoms with van der Waals surface area (Å²) in [5.41, 5.74) is 2.19. The lowest BCUT2D eigenvalue weighted by atomic mass is 9.96. The molecule has 0 unspecified atom stereocenters. The van der Waals surface area contributed by atoms with Crippen molar-refractivity contribution >= 4 is 23.4 Å². The number of nitrogens with zero attached hydrogens (tertiary/aromatic N) is 2. The minimum Gasteiger partial charge on any atom is -0.494 e. The van der Waals surface area contributed by atoms with Gasteiger partial charge in [-0.25, -0.2) is 9.79 Å². The van der Waals surface area contributed by atoms with Gasteiger partial charge in [0.15, 0.2) is 4.80 Å². The predicted octanol–water partition coefficient (Wildman–Crippen LogP) is 3.21. The molecule has 0 radical (unpaired) electrons. The molecule has 0 bridgehead atoms. The molecule has 2 aromatic carbocycles. The zero-order valence-corrected chi connectivity index (χ0v) is 20.3. The number of esters is 1. The third-order valence-corrected chi connectivity index (χ3v) is 6.42. The highest BCUT2D eigenvalue weighted by atomic mass is 32.1. The Morgan fingerprint density at radius 1 is 1.09 bits per heavy atom. The molecule has 1 aliphatic rings. The van der Waals surface area contributed by atoms with E-state index in [0.717, 1.165) is 11.1 Å². The summed E-state index contributed by atoms with van der Waals surface area (Å²) in [6, 6.07) is 14.3. The average molecular weight is 479 g/mol. The van der Waals surface area contributed by atoms with Crippen LogP contribution in [-0.2, 0) is 9.53 Å². The fraction of sp³-hybridized carbons (Fsp3) is 0.269. The van der Waals surface area contributed by atoms with Gasteiger partial charge >= 0.3 is 5.97 Å². The van der Waals surface area contributed by atoms with Gasteiger partial charge in [-0.15, -0.1) is 0 Å². The number of methoxy groups -OCH3 is 1. The Morgan fingerprint density at radius 2 is 1.79 bits per heavy atom. The maximum Gasteiger partial charge on any atom is 0.338 e. The molecule has 7 nitrogen and oxygen atoms in total. The first-order valence-electron chi connectivity index (χ1n) is 11.0. The van der Waals surface area contributed by atoms with Crippen LogP contribution < -0.4 is 24.4 Å². The topological polar surface area (TPSA) is 79.1 Å². The molecule has 8 heteroatoms. The molecule has 1 atom stereocenters. The van der Waals surface area contributed by atoms with Gasteiger partial charge in [0.1, 0.15) is 11.5 Å². The number of carbonyl (C=O) groups excluding carboxylic acids is 1. The molecule has 4 rings (SSSR count).